The molecule has 1 aromatic carbocycles. The first-order valence-electron chi connectivity index (χ1n) is 12.0. The van der Waals surface area contributed by atoms with E-state index in [1.807, 2.05) is 0 Å². The molecule has 0 atom stereocenters. The number of rotatable bonds is 9. The van der Waals surface area contributed by atoms with Crippen LogP contribution in [0, 0.1) is 17.8 Å². The van der Waals surface area contributed by atoms with Crippen LogP contribution in [0.1, 0.15) is 18.4 Å². The molecular weight excluding hydrogens is 513 g/mol. The minimum Gasteiger partial charge on any atom is -0.491 e. The van der Waals surface area contributed by atoms with Crippen LogP contribution in [0.5, 0.6) is 5.75 Å². The van der Waals surface area contributed by atoms with Gasteiger partial charge in [-0.15, -0.1) is 0 Å². The van der Waals surface area contributed by atoms with Crippen molar-refractivity contribution in [2.75, 3.05) is 31.3 Å². The smallest absolute Gasteiger partial charge is 0.333 e. The minimum atomic E-state index is -3.75. The number of imidazole rings is 1. The number of amides is 1. The summed E-state index contributed by atoms with van der Waals surface area (Å²) < 4.78 is 39.0. The number of carbonyl (C=O) groups is 1. The number of fused-ring (bicyclic) bond motifs is 1. The minimum absolute atomic E-state index is 0.0143. The molecule has 2 aromatic heterocycles. The van der Waals surface area contributed by atoms with Gasteiger partial charge in [-0.3, -0.25) is 18.7 Å². The van der Waals surface area contributed by atoms with E-state index in [0.29, 0.717) is 30.2 Å². The van der Waals surface area contributed by atoms with E-state index in [-0.39, 0.29) is 40.3 Å². The molecule has 12 nitrogen and oxygen atoms in total. The highest BCUT2D eigenvalue weighted by Gasteiger charge is 2.29. The van der Waals surface area contributed by atoms with Crippen LogP contribution in [0.3, 0.4) is 0 Å². The monoisotopic (exact) mass is 541 g/mol. The number of anilines is 1. The lowest BCUT2D eigenvalue weighted by molar-refractivity contribution is -0.117. The van der Waals surface area contributed by atoms with Crippen molar-refractivity contribution in [1.29, 1.82) is 0 Å². The van der Waals surface area contributed by atoms with Crippen molar-refractivity contribution in [1.82, 2.24) is 18.7 Å². The fraction of sp³-hybridized carbons (Fsp3) is 0.417. The Labute approximate surface area is 219 Å². The van der Waals surface area contributed by atoms with E-state index >= 15 is 0 Å². The van der Waals surface area contributed by atoms with Gasteiger partial charge < -0.3 is 19.4 Å². The number of benzene rings is 1. The summed E-state index contributed by atoms with van der Waals surface area (Å²) >= 11 is 0. The van der Waals surface area contributed by atoms with Gasteiger partial charge in [0.2, 0.25) is 20.9 Å². The molecule has 1 aliphatic carbocycles. The third-order valence-electron chi connectivity index (χ3n) is 6.12. The molecule has 1 amide bonds. The third kappa shape index (κ3) is 5.53. The van der Waals surface area contributed by atoms with Crippen molar-refractivity contribution in [2.45, 2.75) is 24.5 Å². The topological polar surface area (TPSA) is 144 Å². The maximum Gasteiger partial charge on any atom is 0.333 e. The van der Waals surface area contributed by atoms with Crippen molar-refractivity contribution in [3.63, 3.8) is 0 Å². The number of aryl methyl sites for hydroxylation is 1. The van der Waals surface area contributed by atoms with Crippen LogP contribution in [-0.2, 0) is 40.0 Å². The van der Waals surface area contributed by atoms with E-state index in [1.165, 1.54) is 26.5 Å². The zero-order valence-electron chi connectivity index (χ0n) is 21.6. The van der Waals surface area contributed by atoms with Crippen LogP contribution in [0.4, 0.5) is 5.69 Å². The van der Waals surface area contributed by atoms with Crippen molar-refractivity contribution in [3.05, 3.63) is 44.6 Å². The Kier molecular flexibility index (Phi) is 7.79. The number of hydrogen-bond donors (Lipinski definition) is 1. The number of nitrogens with one attached hydrogen (secondary N) is 1. The van der Waals surface area contributed by atoms with E-state index in [4.69, 9.17) is 9.47 Å². The summed E-state index contributed by atoms with van der Waals surface area (Å²) in [5.41, 5.74) is -0.562. The van der Waals surface area contributed by atoms with Gasteiger partial charge in [0.25, 0.3) is 5.56 Å². The Hall–Kier alpha value is -3.83. The first-order chi connectivity index (χ1) is 18.1. The van der Waals surface area contributed by atoms with Crippen molar-refractivity contribution in [2.24, 2.45) is 20.0 Å². The van der Waals surface area contributed by atoms with E-state index in [1.54, 1.807) is 25.3 Å². The molecule has 0 saturated heterocycles. The molecule has 38 heavy (non-hydrogen) atoms. The highest BCUT2D eigenvalue weighted by Crippen LogP contribution is 2.31. The quantitative estimate of drug-likeness (QED) is 0.211. The molecule has 0 bridgehead atoms. The lowest BCUT2D eigenvalue weighted by Crippen LogP contribution is -2.38. The van der Waals surface area contributed by atoms with Gasteiger partial charge in [0.15, 0.2) is 11.2 Å². The molecule has 0 unspecified atom stereocenters. The van der Waals surface area contributed by atoms with Crippen LogP contribution < -0.4 is 21.3 Å². The standard InChI is InChI=1S/C24H28BN5O7S/c1-28-19-20(27-23(28)38(34,35)14-25)30(24(33)29(2)22(19)32)8-4-5-15-11-17(26-21(31)16-6-7-16)13-18(12-15)37-10-9-36-3/h11-13,16H,6-10,14,25H2,1-3H3,(H,26,31). The summed E-state index contributed by atoms with van der Waals surface area (Å²) in [6, 6.07) is 5.09. The molecule has 2 heterocycles. The summed E-state index contributed by atoms with van der Waals surface area (Å²) in [5, 5.41) is 2.58. The van der Waals surface area contributed by atoms with E-state index in [0.717, 1.165) is 22.0 Å². The van der Waals surface area contributed by atoms with Gasteiger partial charge in [-0.05, 0) is 25.0 Å². The maximum atomic E-state index is 12.9. The second-order valence-corrected chi connectivity index (χ2v) is 11.1. The average Bonchev–Trinajstić information content (AvgIpc) is 3.67. The maximum absolute atomic E-state index is 12.9. The van der Waals surface area contributed by atoms with E-state index < -0.39 is 21.1 Å². The number of nitrogens with zero attached hydrogens (tertiary/aromatic N) is 4. The first-order valence-corrected chi connectivity index (χ1v) is 13.7. The SMILES string of the molecule is BCS(=O)(=O)c1nc2c(c(=O)n(C)c(=O)n2CC#Cc2cc(NC(=O)C3CC3)cc(OCCOC)c2)n1C. The third-order valence-corrected chi connectivity index (χ3v) is 7.80. The summed E-state index contributed by atoms with van der Waals surface area (Å²) in [6.07, 6.45) is 1.72. The Balaban J connectivity index is 1.72. The van der Waals surface area contributed by atoms with Gasteiger partial charge in [0, 0.05) is 50.1 Å². The summed E-state index contributed by atoms with van der Waals surface area (Å²) in [6.45, 7) is 0.521. The number of ether oxygens (including phenoxy) is 2. The highest BCUT2D eigenvalue weighted by molar-refractivity contribution is 7.92. The van der Waals surface area contributed by atoms with Crippen molar-refractivity contribution in [3.8, 4) is 17.6 Å². The fourth-order valence-electron chi connectivity index (χ4n) is 3.84. The van der Waals surface area contributed by atoms with Gasteiger partial charge in [0.05, 0.1) is 13.2 Å². The Morgan fingerprint density at radius 1 is 1.18 bits per heavy atom. The van der Waals surface area contributed by atoms with E-state index in [9.17, 15) is 22.8 Å². The largest absolute Gasteiger partial charge is 0.491 e. The predicted molar refractivity (Wildman–Crippen MR) is 143 cm³/mol. The Morgan fingerprint density at radius 3 is 2.58 bits per heavy atom. The number of aromatic nitrogens is 4. The molecule has 1 aliphatic rings. The number of carbonyl (C=O) groups excluding carboxylic acids is 1. The molecule has 0 spiro atoms. The summed E-state index contributed by atoms with van der Waals surface area (Å²) in [5.74, 6) is 6.29. The van der Waals surface area contributed by atoms with Gasteiger partial charge in [-0.1, -0.05) is 11.8 Å². The van der Waals surface area contributed by atoms with Gasteiger partial charge in [0.1, 0.15) is 20.2 Å². The fourth-order valence-corrected chi connectivity index (χ4v) is 4.83. The van der Waals surface area contributed by atoms with Crippen LogP contribution in [0.25, 0.3) is 11.2 Å². The van der Waals surface area contributed by atoms with Crippen LogP contribution in [-0.4, -0.2) is 66.8 Å². The zero-order valence-corrected chi connectivity index (χ0v) is 22.4. The normalized spacial score (nSPS) is 13.2. The van der Waals surface area contributed by atoms with Gasteiger partial charge in [-0.2, -0.15) is 4.98 Å². The summed E-state index contributed by atoms with van der Waals surface area (Å²) in [7, 11) is 2.02. The first kappa shape index (κ1) is 27.2. The van der Waals surface area contributed by atoms with Crippen molar-refractivity contribution >= 4 is 40.4 Å². The molecule has 14 heteroatoms. The highest BCUT2D eigenvalue weighted by atomic mass is 32.2. The van der Waals surface area contributed by atoms with Crippen LogP contribution in [0.15, 0.2) is 32.9 Å². The molecule has 0 radical (unpaired) electrons. The van der Waals surface area contributed by atoms with Crippen LogP contribution >= 0.6 is 0 Å². The number of sulfone groups is 1. The molecule has 1 saturated carbocycles. The van der Waals surface area contributed by atoms with Gasteiger partial charge >= 0.3 is 5.69 Å². The van der Waals surface area contributed by atoms with Gasteiger partial charge in [-0.25, -0.2) is 13.2 Å². The molecule has 1 fully saturated rings. The number of methoxy groups -OCH3 is 1. The Bertz CT molecular complexity index is 1690. The molecule has 3 aromatic rings. The lowest BCUT2D eigenvalue weighted by Gasteiger charge is -2.10. The Morgan fingerprint density at radius 2 is 1.92 bits per heavy atom. The molecule has 1 N–H and O–H groups in total. The molecule has 200 valence electrons. The lowest BCUT2D eigenvalue weighted by atomic mass is 10.2. The average molecular weight is 541 g/mol. The molecule has 4 rings (SSSR count). The zero-order chi connectivity index (χ0) is 27.6. The number of hydrogen-bond acceptors (Lipinski definition) is 8. The second kappa shape index (κ2) is 10.9. The van der Waals surface area contributed by atoms with Crippen LogP contribution in [0.2, 0.25) is 0 Å². The molecule has 0 aliphatic heterocycles. The second-order valence-electron chi connectivity index (χ2n) is 8.91. The van der Waals surface area contributed by atoms with Crippen molar-refractivity contribution < 1.29 is 22.7 Å². The van der Waals surface area contributed by atoms with E-state index in [2.05, 4.69) is 22.1 Å². The predicted octanol–water partition coefficient (Wildman–Crippen LogP) is -0.777. The summed E-state index contributed by atoms with van der Waals surface area (Å²) in [4.78, 5) is 42.1. The molecular formula is C24H28BN5O7S.